The number of carbonyl (C=O) groups is 1. The van der Waals surface area contributed by atoms with E-state index < -0.39 is 9.84 Å². The SMILES string of the molecule is Cc1cc(NC(=O)COc2ccc(Br)cc2Br)n(C2CCS(=O)(=O)C2)n1. The van der Waals surface area contributed by atoms with Crippen molar-refractivity contribution in [1.29, 1.82) is 0 Å². The molecule has 1 aromatic heterocycles. The number of halogens is 2. The molecule has 26 heavy (non-hydrogen) atoms. The van der Waals surface area contributed by atoms with E-state index in [2.05, 4.69) is 42.3 Å². The van der Waals surface area contributed by atoms with Crippen LogP contribution in [0.25, 0.3) is 0 Å². The van der Waals surface area contributed by atoms with E-state index >= 15 is 0 Å². The number of sulfone groups is 1. The topological polar surface area (TPSA) is 90.3 Å². The molecule has 1 amide bonds. The maximum Gasteiger partial charge on any atom is 0.263 e. The zero-order valence-corrected chi connectivity index (χ0v) is 17.9. The second kappa shape index (κ2) is 7.69. The van der Waals surface area contributed by atoms with Gasteiger partial charge in [-0.2, -0.15) is 5.10 Å². The van der Waals surface area contributed by atoms with Gasteiger partial charge in [0.15, 0.2) is 16.4 Å². The summed E-state index contributed by atoms with van der Waals surface area (Å²) in [5.41, 5.74) is 0.709. The van der Waals surface area contributed by atoms with Gasteiger partial charge in [-0.1, -0.05) is 15.9 Å². The first-order valence-electron chi connectivity index (χ1n) is 7.88. The van der Waals surface area contributed by atoms with Gasteiger partial charge in [-0.3, -0.25) is 4.79 Å². The van der Waals surface area contributed by atoms with Crippen molar-refractivity contribution in [3.63, 3.8) is 0 Å². The first-order valence-corrected chi connectivity index (χ1v) is 11.3. The third kappa shape index (κ3) is 4.66. The number of carbonyl (C=O) groups excluding carboxylic acids is 1. The molecule has 140 valence electrons. The molecule has 0 spiro atoms. The van der Waals surface area contributed by atoms with Crippen molar-refractivity contribution in [2.24, 2.45) is 0 Å². The van der Waals surface area contributed by atoms with E-state index in [1.54, 1.807) is 23.7 Å². The maximum atomic E-state index is 12.2. The number of aryl methyl sites for hydroxylation is 1. The molecule has 1 aliphatic rings. The Hall–Kier alpha value is -1.39. The summed E-state index contributed by atoms with van der Waals surface area (Å²) in [5, 5.41) is 7.09. The number of aromatic nitrogens is 2. The molecule has 1 aromatic carbocycles. The zero-order chi connectivity index (χ0) is 18.9. The van der Waals surface area contributed by atoms with Gasteiger partial charge in [0.1, 0.15) is 11.6 Å². The first-order chi connectivity index (χ1) is 12.2. The Morgan fingerprint density at radius 3 is 2.81 bits per heavy atom. The highest BCUT2D eigenvalue weighted by Crippen LogP contribution is 2.29. The summed E-state index contributed by atoms with van der Waals surface area (Å²) in [7, 11) is -3.04. The number of rotatable bonds is 5. The van der Waals surface area contributed by atoms with Gasteiger partial charge in [-0.15, -0.1) is 0 Å². The van der Waals surface area contributed by atoms with Gasteiger partial charge in [0.2, 0.25) is 0 Å². The molecule has 0 radical (unpaired) electrons. The lowest BCUT2D eigenvalue weighted by Crippen LogP contribution is -2.24. The molecule has 0 saturated carbocycles. The number of amides is 1. The minimum Gasteiger partial charge on any atom is -0.483 e. The summed E-state index contributed by atoms with van der Waals surface area (Å²) >= 11 is 6.73. The number of ether oxygens (including phenoxy) is 1. The van der Waals surface area contributed by atoms with E-state index in [1.807, 2.05) is 12.1 Å². The number of anilines is 1. The summed E-state index contributed by atoms with van der Waals surface area (Å²) in [6, 6.07) is 6.85. The molecule has 2 aromatic rings. The molecule has 10 heteroatoms. The van der Waals surface area contributed by atoms with Gasteiger partial charge in [0.05, 0.1) is 27.7 Å². The molecule has 0 aliphatic carbocycles. The Labute approximate surface area is 168 Å². The van der Waals surface area contributed by atoms with Gasteiger partial charge in [-0.05, 0) is 47.5 Å². The molecule has 2 heterocycles. The normalized spacial score (nSPS) is 18.7. The summed E-state index contributed by atoms with van der Waals surface area (Å²) < 4.78 is 32.2. The predicted molar refractivity (Wildman–Crippen MR) is 105 cm³/mol. The van der Waals surface area contributed by atoms with Crippen LogP contribution in [0.1, 0.15) is 18.2 Å². The van der Waals surface area contributed by atoms with Crippen molar-refractivity contribution in [2.75, 3.05) is 23.4 Å². The molecular formula is C16H17Br2N3O4S. The first kappa shape index (κ1) is 19.4. The minimum atomic E-state index is -3.04. The molecule has 7 nitrogen and oxygen atoms in total. The Balaban J connectivity index is 1.66. The number of nitrogens with one attached hydrogen (secondary N) is 1. The van der Waals surface area contributed by atoms with Crippen molar-refractivity contribution in [3.05, 3.63) is 38.9 Å². The lowest BCUT2D eigenvalue weighted by Gasteiger charge is -2.14. The van der Waals surface area contributed by atoms with E-state index in [1.165, 1.54) is 0 Å². The van der Waals surface area contributed by atoms with Crippen molar-refractivity contribution >= 4 is 53.4 Å². The van der Waals surface area contributed by atoms with Crippen LogP contribution >= 0.6 is 31.9 Å². The van der Waals surface area contributed by atoms with Gasteiger partial charge in [-0.25, -0.2) is 13.1 Å². The Morgan fingerprint density at radius 2 is 2.15 bits per heavy atom. The Kier molecular flexibility index (Phi) is 5.73. The quantitative estimate of drug-likeness (QED) is 0.672. The van der Waals surface area contributed by atoms with Crippen molar-refractivity contribution in [2.45, 2.75) is 19.4 Å². The van der Waals surface area contributed by atoms with E-state index in [0.29, 0.717) is 23.7 Å². The van der Waals surface area contributed by atoms with Crippen molar-refractivity contribution in [1.82, 2.24) is 9.78 Å². The molecular weight excluding hydrogens is 490 g/mol. The fourth-order valence-electron chi connectivity index (χ4n) is 2.77. The zero-order valence-electron chi connectivity index (χ0n) is 13.9. The Bertz CT molecular complexity index is 943. The van der Waals surface area contributed by atoms with Gasteiger partial charge in [0, 0.05) is 10.5 Å². The van der Waals surface area contributed by atoms with Crippen molar-refractivity contribution < 1.29 is 17.9 Å². The fourth-order valence-corrected chi connectivity index (χ4v) is 5.62. The molecule has 1 aliphatic heterocycles. The third-order valence-corrected chi connectivity index (χ3v) is 6.80. The van der Waals surface area contributed by atoms with Crippen LogP contribution in [0.15, 0.2) is 33.2 Å². The van der Waals surface area contributed by atoms with Gasteiger partial charge < -0.3 is 10.1 Å². The second-order valence-electron chi connectivity index (χ2n) is 6.08. The average Bonchev–Trinajstić information content (AvgIpc) is 3.08. The smallest absolute Gasteiger partial charge is 0.263 e. The molecule has 0 bridgehead atoms. The largest absolute Gasteiger partial charge is 0.483 e. The van der Waals surface area contributed by atoms with Crippen LogP contribution in [0.3, 0.4) is 0 Å². The molecule has 1 fully saturated rings. The molecule has 1 unspecified atom stereocenters. The number of nitrogens with zero attached hydrogens (tertiary/aromatic N) is 2. The number of hydrogen-bond donors (Lipinski definition) is 1. The van der Waals surface area contributed by atoms with Gasteiger partial charge >= 0.3 is 0 Å². The average molecular weight is 507 g/mol. The monoisotopic (exact) mass is 505 g/mol. The Morgan fingerprint density at radius 1 is 1.38 bits per heavy atom. The summed E-state index contributed by atoms with van der Waals surface area (Å²) in [6.45, 7) is 1.62. The highest BCUT2D eigenvalue weighted by molar-refractivity contribution is 9.11. The molecule has 3 rings (SSSR count). The van der Waals surface area contributed by atoms with E-state index in [0.717, 1.165) is 8.95 Å². The predicted octanol–water partition coefficient (Wildman–Crippen LogP) is 3.09. The third-order valence-electron chi connectivity index (χ3n) is 3.93. The maximum absolute atomic E-state index is 12.2. The molecule has 1 atom stereocenters. The number of hydrogen-bond acceptors (Lipinski definition) is 5. The summed E-state index contributed by atoms with van der Waals surface area (Å²) in [4.78, 5) is 12.2. The lowest BCUT2D eigenvalue weighted by atomic mass is 10.3. The minimum absolute atomic E-state index is 0.0410. The van der Waals surface area contributed by atoms with Crippen molar-refractivity contribution in [3.8, 4) is 5.75 Å². The van der Waals surface area contributed by atoms with Crippen LogP contribution in [-0.2, 0) is 14.6 Å². The molecule has 1 N–H and O–H groups in total. The highest BCUT2D eigenvalue weighted by atomic mass is 79.9. The fraction of sp³-hybridized carbons (Fsp3) is 0.375. The van der Waals surface area contributed by atoms with E-state index in [9.17, 15) is 13.2 Å². The van der Waals surface area contributed by atoms with Gasteiger partial charge in [0.25, 0.3) is 5.91 Å². The molecule has 1 saturated heterocycles. The van der Waals surface area contributed by atoms with Crippen LogP contribution in [0.2, 0.25) is 0 Å². The van der Waals surface area contributed by atoms with Crippen LogP contribution in [-0.4, -0.2) is 42.2 Å². The van der Waals surface area contributed by atoms with E-state index in [-0.39, 0.29) is 30.1 Å². The van der Waals surface area contributed by atoms with Crippen LogP contribution < -0.4 is 10.1 Å². The highest BCUT2D eigenvalue weighted by Gasteiger charge is 2.31. The van der Waals surface area contributed by atoms with Crippen LogP contribution in [0.4, 0.5) is 5.82 Å². The van der Waals surface area contributed by atoms with Crippen LogP contribution in [0.5, 0.6) is 5.75 Å². The summed E-state index contributed by atoms with van der Waals surface area (Å²) in [5.74, 6) is 0.870. The second-order valence-corrected chi connectivity index (χ2v) is 10.1. The van der Waals surface area contributed by atoms with Crippen LogP contribution in [0, 0.1) is 6.92 Å². The number of benzene rings is 1. The summed E-state index contributed by atoms with van der Waals surface area (Å²) in [6.07, 6.45) is 0.495. The lowest BCUT2D eigenvalue weighted by molar-refractivity contribution is -0.118. The standard InChI is InChI=1S/C16H17Br2N3O4S/c1-10-6-15(21(20-10)12-4-5-26(23,24)9-12)19-16(22)8-25-14-3-2-11(17)7-13(14)18/h2-3,6-7,12H,4-5,8-9H2,1H3,(H,19,22). The van der Waals surface area contributed by atoms with E-state index in [4.69, 9.17) is 4.74 Å².